The van der Waals surface area contributed by atoms with Crippen LogP contribution in [-0.4, -0.2) is 44.4 Å². The molecule has 0 aliphatic carbocycles. The summed E-state index contributed by atoms with van der Waals surface area (Å²) >= 11 is 0. The molecule has 0 saturated heterocycles. The topological polar surface area (TPSA) is 81.8 Å². The van der Waals surface area contributed by atoms with Crippen LogP contribution in [0.15, 0.2) is 72.8 Å². The van der Waals surface area contributed by atoms with Gasteiger partial charge in [0, 0.05) is 6.04 Å². The second-order valence-electron chi connectivity index (χ2n) is 8.82. The van der Waals surface area contributed by atoms with E-state index in [1.165, 1.54) is 7.11 Å². The summed E-state index contributed by atoms with van der Waals surface area (Å²) in [5.41, 5.74) is 6.29. The number of hydrogen-bond acceptors (Lipinski definition) is 5. The monoisotopic (exact) mass is 439 g/mol. The molecule has 0 radical (unpaired) electrons. The van der Waals surface area contributed by atoms with Crippen LogP contribution in [0.25, 0.3) is 0 Å². The van der Waals surface area contributed by atoms with Crippen LogP contribution in [-0.2, 0) is 14.3 Å². The molecule has 6 heteroatoms. The Morgan fingerprint density at radius 2 is 1.61 bits per heavy atom. The quantitative estimate of drug-likeness (QED) is 0.375. The van der Waals surface area contributed by atoms with Crippen LogP contribution in [0.4, 0.5) is 0 Å². The Bertz CT molecular complexity index is 845. The summed E-state index contributed by atoms with van der Waals surface area (Å²) in [4.78, 5) is 23.9. The third-order valence-electron chi connectivity index (χ3n) is 6.34. The predicted molar refractivity (Wildman–Crippen MR) is 126 cm³/mol. The summed E-state index contributed by atoms with van der Waals surface area (Å²) in [6, 6.07) is 19.7. The number of rotatable bonds is 8. The zero-order valence-electron chi connectivity index (χ0n) is 18.5. The first kappa shape index (κ1) is 23.4. The summed E-state index contributed by atoms with van der Waals surface area (Å²) in [6.45, 7) is 4.27. The first-order valence-corrected chi connectivity index (χ1v) is 12.7. The van der Waals surface area contributed by atoms with Gasteiger partial charge in [-0.2, -0.15) is 0 Å². The largest absolute Gasteiger partial charge is 0.469 e. The maximum absolute atomic E-state index is 12.3. The van der Waals surface area contributed by atoms with E-state index in [1.807, 2.05) is 72.8 Å². The molecule has 31 heavy (non-hydrogen) atoms. The third-order valence-corrected chi connectivity index (χ3v) is 10.9. The van der Waals surface area contributed by atoms with E-state index in [2.05, 4.69) is 13.8 Å². The summed E-state index contributed by atoms with van der Waals surface area (Å²) < 4.78 is 10.9. The lowest BCUT2D eigenvalue weighted by atomic mass is 9.97. The van der Waals surface area contributed by atoms with Gasteiger partial charge >= 0.3 is 5.97 Å². The molecule has 0 aromatic heterocycles. The smallest absolute Gasteiger partial charge is 0.308 e. The van der Waals surface area contributed by atoms with E-state index in [-0.39, 0.29) is 35.7 Å². The van der Waals surface area contributed by atoms with E-state index < -0.39 is 8.32 Å². The maximum atomic E-state index is 12.3. The SMILES string of the molecule is COC(=O)CC1C=CC(N)C(CCC(C)(C)[Si](O)(c2ccccc2)c2ccccc2)O1. The molecule has 3 N–H and O–H groups in total. The molecule has 2 aromatic rings. The molecule has 0 spiro atoms. The highest BCUT2D eigenvalue weighted by atomic mass is 28.4. The molecule has 166 valence electrons. The van der Waals surface area contributed by atoms with Crippen molar-refractivity contribution in [3.63, 3.8) is 0 Å². The van der Waals surface area contributed by atoms with Crippen LogP contribution < -0.4 is 16.1 Å². The van der Waals surface area contributed by atoms with Gasteiger partial charge in [-0.3, -0.25) is 4.79 Å². The molecule has 0 saturated carbocycles. The third kappa shape index (κ3) is 5.15. The molecule has 1 aliphatic heterocycles. The predicted octanol–water partition coefficient (Wildman–Crippen LogP) is 2.51. The highest BCUT2D eigenvalue weighted by molar-refractivity contribution is 6.98. The van der Waals surface area contributed by atoms with Crippen molar-refractivity contribution < 1.29 is 19.1 Å². The fourth-order valence-electron chi connectivity index (χ4n) is 4.35. The molecule has 5 nitrogen and oxygen atoms in total. The van der Waals surface area contributed by atoms with Crippen LogP contribution in [0, 0.1) is 0 Å². The molecule has 1 heterocycles. The van der Waals surface area contributed by atoms with Gasteiger partial charge in [0.1, 0.15) is 0 Å². The first-order chi connectivity index (χ1) is 14.8. The van der Waals surface area contributed by atoms with E-state index in [9.17, 15) is 9.59 Å². The number of ether oxygens (including phenoxy) is 2. The Labute approximate surface area is 186 Å². The van der Waals surface area contributed by atoms with E-state index in [4.69, 9.17) is 15.2 Å². The minimum absolute atomic E-state index is 0.173. The van der Waals surface area contributed by atoms with Gasteiger partial charge in [-0.05, 0) is 28.3 Å². The fourth-order valence-corrected chi connectivity index (χ4v) is 8.10. The second kappa shape index (κ2) is 9.91. The van der Waals surface area contributed by atoms with Gasteiger partial charge in [0.2, 0.25) is 0 Å². The molecular weight excluding hydrogens is 406 g/mol. The van der Waals surface area contributed by atoms with Crippen LogP contribution in [0.5, 0.6) is 0 Å². The zero-order chi connectivity index (χ0) is 22.5. The fraction of sp³-hybridized carbons (Fsp3) is 0.400. The van der Waals surface area contributed by atoms with Gasteiger partial charge in [-0.1, -0.05) is 86.7 Å². The zero-order valence-corrected chi connectivity index (χ0v) is 19.5. The highest BCUT2D eigenvalue weighted by Gasteiger charge is 2.50. The van der Waals surface area contributed by atoms with Crippen molar-refractivity contribution in [2.24, 2.45) is 5.73 Å². The molecule has 0 bridgehead atoms. The molecule has 0 amide bonds. The van der Waals surface area contributed by atoms with Crippen molar-refractivity contribution in [2.75, 3.05) is 7.11 Å². The Morgan fingerprint density at radius 3 is 2.13 bits per heavy atom. The number of benzene rings is 2. The van der Waals surface area contributed by atoms with Gasteiger partial charge in [0.05, 0.1) is 25.7 Å². The molecule has 3 unspecified atom stereocenters. The number of carbonyl (C=O) groups is 1. The molecule has 0 fully saturated rings. The Morgan fingerprint density at radius 1 is 1.06 bits per heavy atom. The summed E-state index contributed by atoms with van der Waals surface area (Å²) in [5, 5.41) is 1.60. The van der Waals surface area contributed by atoms with Crippen molar-refractivity contribution in [1.82, 2.24) is 0 Å². The number of hydrogen-bond donors (Lipinski definition) is 2. The first-order valence-electron chi connectivity index (χ1n) is 10.8. The van der Waals surface area contributed by atoms with Crippen molar-refractivity contribution in [2.45, 2.75) is 56.4 Å². The normalized spacial score (nSPS) is 21.6. The van der Waals surface area contributed by atoms with E-state index in [1.54, 1.807) is 0 Å². The summed E-state index contributed by atoms with van der Waals surface area (Å²) in [5.74, 6) is -0.306. The van der Waals surface area contributed by atoms with Gasteiger partial charge in [0.25, 0.3) is 8.32 Å². The Hall–Kier alpha value is -2.25. The van der Waals surface area contributed by atoms with E-state index in [0.29, 0.717) is 6.42 Å². The molecular formula is C25H33NO4Si. The lowest BCUT2D eigenvalue weighted by Crippen LogP contribution is -2.65. The van der Waals surface area contributed by atoms with Gasteiger partial charge in [-0.15, -0.1) is 0 Å². The Kier molecular flexibility index (Phi) is 7.49. The molecule has 3 rings (SSSR count). The Balaban J connectivity index is 1.82. The minimum Gasteiger partial charge on any atom is -0.469 e. The van der Waals surface area contributed by atoms with Gasteiger partial charge < -0.3 is 20.0 Å². The van der Waals surface area contributed by atoms with Gasteiger partial charge in [0.15, 0.2) is 0 Å². The summed E-state index contributed by atoms with van der Waals surface area (Å²) in [6.07, 6.45) is 4.78. The number of methoxy groups -OCH3 is 1. The van der Waals surface area contributed by atoms with Crippen LogP contribution in [0.3, 0.4) is 0 Å². The van der Waals surface area contributed by atoms with Crippen LogP contribution in [0.1, 0.15) is 33.1 Å². The highest BCUT2D eigenvalue weighted by Crippen LogP contribution is 2.41. The number of nitrogens with two attached hydrogens (primary N) is 1. The number of esters is 1. The average molecular weight is 440 g/mol. The van der Waals surface area contributed by atoms with Crippen molar-refractivity contribution in [1.29, 1.82) is 0 Å². The van der Waals surface area contributed by atoms with Crippen LogP contribution >= 0.6 is 0 Å². The van der Waals surface area contributed by atoms with Crippen molar-refractivity contribution in [3.05, 3.63) is 72.8 Å². The molecule has 3 atom stereocenters. The summed E-state index contributed by atoms with van der Waals surface area (Å²) in [7, 11) is -1.70. The van der Waals surface area contributed by atoms with Gasteiger partial charge in [-0.25, -0.2) is 0 Å². The second-order valence-corrected chi connectivity index (χ2v) is 12.7. The lowest BCUT2D eigenvalue weighted by Gasteiger charge is -2.42. The van der Waals surface area contributed by atoms with Crippen LogP contribution in [0.2, 0.25) is 5.04 Å². The van der Waals surface area contributed by atoms with E-state index in [0.717, 1.165) is 16.8 Å². The maximum Gasteiger partial charge on any atom is 0.308 e. The van der Waals surface area contributed by atoms with E-state index >= 15 is 0 Å². The standard InChI is InChI=1S/C25H33NO4Si/c1-25(2,17-16-23-22(26)15-14-19(30-23)18-24(27)29-3)31(28,20-10-6-4-7-11-20)21-12-8-5-9-13-21/h4-15,19,22-23,28H,16-18,26H2,1-3H3. The van der Waals surface area contributed by atoms with Crippen molar-refractivity contribution in [3.8, 4) is 0 Å². The molecule has 2 aromatic carbocycles. The lowest BCUT2D eigenvalue weighted by molar-refractivity contribution is -0.144. The van der Waals surface area contributed by atoms with Crippen molar-refractivity contribution >= 4 is 24.7 Å². The number of carbonyl (C=O) groups excluding carboxylic acids is 1. The average Bonchev–Trinajstić information content (AvgIpc) is 2.79. The minimum atomic E-state index is -3.07. The molecule has 1 aliphatic rings.